The van der Waals surface area contributed by atoms with Crippen molar-refractivity contribution in [1.29, 1.82) is 0 Å². The number of rotatable bonds is 6. The monoisotopic (exact) mass is 395 g/mol. The van der Waals surface area contributed by atoms with Crippen molar-refractivity contribution in [3.05, 3.63) is 54.1 Å². The lowest BCUT2D eigenvalue weighted by Gasteiger charge is -2.14. The van der Waals surface area contributed by atoms with E-state index in [2.05, 4.69) is 34.6 Å². The molecule has 0 aliphatic rings. The van der Waals surface area contributed by atoms with Gasteiger partial charge in [0.15, 0.2) is 11.0 Å². The fourth-order valence-corrected chi connectivity index (χ4v) is 3.48. The summed E-state index contributed by atoms with van der Waals surface area (Å²) in [5, 5.41) is 11.9. The van der Waals surface area contributed by atoms with E-state index in [1.165, 1.54) is 17.3 Å². The van der Waals surface area contributed by atoms with Crippen LogP contribution in [-0.4, -0.2) is 40.0 Å². The standard InChI is InChI=1S/C21H25N5OS/c1-14-6-8-16(9-7-14)19-23-24-21(26(19)5)28-15(2)20(27)22-17-10-12-18(13-11-17)25(3)4/h6-13,15H,1-5H3,(H,22,27). The molecule has 7 heteroatoms. The minimum absolute atomic E-state index is 0.0671. The molecule has 1 aromatic heterocycles. The van der Waals surface area contributed by atoms with Gasteiger partial charge >= 0.3 is 0 Å². The topological polar surface area (TPSA) is 63.1 Å². The third-order valence-corrected chi connectivity index (χ3v) is 5.58. The highest BCUT2D eigenvalue weighted by Crippen LogP contribution is 2.26. The lowest BCUT2D eigenvalue weighted by Crippen LogP contribution is -2.22. The van der Waals surface area contributed by atoms with Crippen molar-refractivity contribution in [2.24, 2.45) is 7.05 Å². The average Bonchev–Trinajstić information content (AvgIpc) is 3.03. The first kappa shape index (κ1) is 19.9. The maximum absolute atomic E-state index is 12.6. The number of aryl methyl sites for hydroxylation is 1. The molecule has 1 atom stereocenters. The van der Waals surface area contributed by atoms with Crippen LogP contribution in [0.3, 0.4) is 0 Å². The van der Waals surface area contributed by atoms with E-state index in [9.17, 15) is 4.79 Å². The molecule has 1 unspecified atom stereocenters. The summed E-state index contributed by atoms with van der Waals surface area (Å²) in [6.45, 7) is 3.92. The maximum atomic E-state index is 12.6. The molecule has 0 saturated carbocycles. The van der Waals surface area contributed by atoms with Crippen molar-refractivity contribution < 1.29 is 4.79 Å². The van der Waals surface area contributed by atoms with Gasteiger partial charge in [-0.25, -0.2) is 0 Å². The van der Waals surface area contributed by atoms with Crippen LogP contribution in [0, 0.1) is 6.92 Å². The zero-order chi connectivity index (χ0) is 20.3. The number of nitrogens with zero attached hydrogens (tertiary/aromatic N) is 4. The third kappa shape index (κ3) is 4.54. The van der Waals surface area contributed by atoms with Crippen molar-refractivity contribution in [3.8, 4) is 11.4 Å². The zero-order valence-corrected chi connectivity index (χ0v) is 17.6. The molecule has 0 saturated heterocycles. The first-order valence-electron chi connectivity index (χ1n) is 9.06. The summed E-state index contributed by atoms with van der Waals surface area (Å²) < 4.78 is 1.92. The number of carbonyl (C=O) groups excluding carboxylic acids is 1. The molecule has 0 spiro atoms. The molecule has 28 heavy (non-hydrogen) atoms. The zero-order valence-electron chi connectivity index (χ0n) is 16.8. The normalized spacial score (nSPS) is 11.9. The van der Waals surface area contributed by atoms with Gasteiger partial charge in [0.25, 0.3) is 0 Å². The molecule has 3 rings (SSSR count). The molecule has 0 aliphatic carbocycles. The van der Waals surface area contributed by atoms with Crippen molar-refractivity contribution in [1.82, 2.24) is 14.8 Å². The van der Waals surface area contributed by atoms with E-state index in [0.29, 0.717) is 5.16 Å². The van der Waals surface area contributed by atoms with Gasteiger partial charge in [0.1, 0.15) is 0 Å². The Hall–Kier alpha value is -2.80. The lowest BCUT2D eigenvalue weighted by molar-refractivity contribution is -0.115. The van der Waals surface area contributed by atoms with Gasteiger partial charge in [-0.15, -0.1) is 10.2 Å². The minimum atomic E-state index is -0.303. The number of anilines is 2. The summed E-state index contributed by atoms with van der Waals surface area (Å²) >= 11 is 1.39. The highest BCUT2D eigenvalue weighted by molar-refractivity contribution is 8.00. The van der Waals surface area contributed by atoms with E-state index >= 15 is 0 Å². The summed E-state index contributed by atoms with van der Waals surface area (Å²) in [5.41, 5.74) is 4.07. The van der Waals surface area contributed by atoms with E-state index < -0.39 is 0 Å². The highest BCUT2D eigenvalue weighted by Gasteiger charge is 2.19. The molecular formula is C21H25N5OS. The molecule has 1 amide bonds. The summed E-state index contributed by atoms with van der Waals surface area (Å²) in [5.74, 6) is 0.719. The average molecular weight is 396 g/mol. The van der Waals surface area contributed by atoms with Crippen LogP contribution in [0.15, 0.2) is 53.7 Å². The largest absolute Gasteiger partial charge is 0.378 e. The van der Waals surface area contributed by atoms with Crippen LogP contribution in [0.4, 0.5) is 11.4 Å². The van der Waals surface area contributed by atoms with Crippen LogP contribution in [-0.2, 0) is 11.8 Å². The van der Waals surface area contributed by atoms with Gasteiger partial charge in [0.05, 0.1) is 5.25 Å². The number of hydrogen-bond donors (Lipinski definition) is 1. The second-order valence-corrected chi connectivity index (χ2v) is 8.23. The van der Waals surface area contributed by atoms with Gasteiger partial charge in [0.2, 0.25) is 5.91 Å². The fourth-order valence-electron chi connectivity index (χ4n) is 2.67. The lowest BCUT2D eigenvalue weighted by atomic mass is 10.1. The van der Waals surface area contributed by atoms with Crippen molar-refractivity contribution in [3.63, 3.8) is 0 Å². The second kappa shape index (κ2) is 8.48. The molecule has 3 aromatic rings. The summed E-state index contributed by atoms with van der Waals surface area (Å²) in [7, 11) is 5.89. The van der Waals surface area contributed by atoms with Gasteiger partial charge in [-0.05, 0) is 38.1 Å². The van der Waals surface area contributed by atoms with Gasteiger partial charge in [-0.2, -0.15) is 0 Å². The molecule has 0 bridgehead atoms. The van der Waals surface area contributed by atoms with E-state index in [4.69, 9.17) is 0 Å². The maximum Gasteiger partial charge on any atom is 0.237 e. The Bertz CT molecular complexity index is 948. The summed E-state index contributed by atoms with van der Waals surface area (Å²) in [6, 6.07) is 15.9. The van der Waals surface area contributed by atoms with Crippen LogP contribution in [0.2, 0.25) is 0 Å². The van der Waals surface area contributed by atoms with Gasteiger partial charge in [-0.1, -0.05) is 41.6 Å². The first-order valence-corrected chi connectivity index (χ1v) is 9.94. The molecule has 1 N–H and O–H groups in total. The molecule has 1 heterocycles. The van der Waals surface area contributed by atoms with Crippen LogP contribution in [0.5, 0.6) is 0 Å². The Morgan fingerprint density at radius 3 is 2.32 bits per heavy atom. The molecule has 0 fully saturated rings. The molecule has 2 aromatic carbocycles. The molecule has 0 radical (unpaired) electrons. The minimum Gasteiger partial charge on any atom is -0.378 e. The van der Waals surface area contributed by atoms with Gasteiger partial charge < -0.3 is 14.8 Å². The molecule has 146 valence electrons. The van der Waals surface area contributed by atoms with E-state index in [0.717, 1.165) is 22.8 Å². The number of thioether (sulfide) groups is 1. The number of hydrogen-bond acceptors (Lipinski definition) is 5. The van der Waals surface area contributed by atoms with Crippen LogP contribution in [0.25, 0.3) is 11.4 Å². The first-order chi connectivity index (χ1) is 13.3. The summed E-state index contributed by atoms with van der Waals surface area (Å²) in [6.07, 6.45) is 0. The molecule has 6 nitrogen and oxygen atoms in total. The third-order valence-electron chi connectivity index (χ3n) is 4.45. The predicted octanol–water partition coefficient (Wildman–Crippen LogP) is 3.98. The number of nitrogens with one attached hydrogen (secondary N) is 1. The number of aromatic nitrogens is 3. The van der Waals surface area contributed by atoms with E-state index in [1.807, 2.05) is 73.9 Å². The number of benzene rings is 2. The van der Waals surface area contributed by atoms with Crippen molar-refractivity contribution in [2.45, 2.75) is 24.3 Å². The van der Waals surface area contributed by atoms with Crippen molar-refractivity contribution >= 4 is 29.0 Å². The van der Waals surface area contributed by atoms with Gasteiger partial charge in [0, 0.05) is 38.1 Å². The van der Waals surface area contributed by atoms with E-state index in [-0.39, 0.29) is 11.2 Å². The Morgan fingerprint density at radius 1 is 1.07 bits per heavy atom. The quantitative estimate of drug-likeness (QED) is 0.640. The van der Waals surface area contributed by atoms with Crippen molar-refractivity contribution in [2.75, 3.05) is 24.3 Å². The number of amides is 1. The Kier molecular flexibility index (Phi) is 6.04. The molecule has 0 aliphatic heterocycles. The Morgan fingerprint density at radius 2 is 1.71 bits per heavy atom. The SMILES string of the molecule is Cc1ccc(-c2nnc(SC(C)C(=O)Nc3ccc(N(C)C)cc3)n2C)cc1. The smallest absolute Gasteiger partial charge is 0.237 e. The Labute approximate surface area is 170 Å². The predicted molar refractivity (Wildman–Crippen MR) is 116 cm³/mol. The highest BCUT2D eigenvalue weighted by atomic mass is 32.2. The molecular weight excluding hydrogens is 370 g/mol. The summed E-state index contributed by atoms with van der Waals surface area (Å²) in [4.78, 5) is 14.6. The van der Waals surface area contributed by atoms with Gasteiger partial charge in [-0.3, -0.25) is 4.79 Å². The van der Waals surface area contributed by atoms with E-state index in [1.54, 1.807) is 0 Å². The van der Waals surface area contributed by atoms with Crippen LogP contribution >= 0.6 is 11.8 Å². The second-order valence-electron chi connectivity index (χ2n) is 6.92. The Balaban J connectivity index is 1.66. The fraction of sp³-hybridized carbons (Fsp3) is 0.286. The van der Waals surface area contributed by atoms with Crippen LogP contribution < -0.4 is 10.2 Å². The van der Waals surface area contributed by atoms with Crippen LogP contribution in [0.1, 0.15) is 12.5 Å². The number of carbonyl (C=O) groups is 1.